The van der Waals surface area contributed by atoms with E-state index in [-0.39, 0.29) is 0 Å². The molecule has 0 bridgehead atoms. The summed E-state index contributed by atoms with van der Waals surface area (Å²) in [5.41, 5.74) is 2.68. The molecule has 0 aromatic heterocycles. The van der Waals surface area contributed by atoms with Gasteiger partial charge in [0.15, 0.2) is 0 Å². The maximum Gasteiger partial charge on any atom is 0.0512 e. The Morgan fingerprint density at radius 3 is 3.00 bits per heavy atom. The summed E-state index contributed by atoms with van der Waals surface area (Å²) in [6.07, 6.45) is 2.42. The van der Waals surface area contributed by atoms with E-state index < -0.39 is 0 Å². The zero-order valence-corrected chi connectivity index (χ0v) is 12.8. The van der Waals surface area contributed by atoms with Gasteiger partial charge in [-0.1, -0.05) is 40.5 Å². The van der Waals surface area contributed by atoms with Gasteiger partial charge in [0.1, 0.15) is 0 Å². The second-order valence-corrected chi connectivity index (χ2v) is 5.89. The molecule has 0 aliphatic carbocycles. The molecule has 0 amide bonds. The first kappa shape index (κ1) is 14.0. The predicted molar refractivity (Wildman–Crippen MR) is 78.8 cm³/mol. The van der Waals surface area contributed by atoms with Gasteiger partial charge in [-0.3, -0.25) is 0 Å². The number of rotatable bonds is 4. The lowest BCUT2D eigenvalue weighted by Crippen LogP contribution is -2.33. The minimum Gasteiger partial charge on any atom is -0.381 e. The fourth-order valence-electron chi connectivity index (χ4n) is 2.68. The number of halogens is 1. The van der Waals surface area contributed by atoms with E-state index >= 15 is 0 Å². The summed E-state index contributed by atoms with van der Waals surface area (Å²) >= 11 is 3.69. The Morgan fingerprint density at radius 1 is 1.50 bits per heavy atom. The second kappa shape index (κ2) is 6.69. The molecule has 1 aliphatic rings. The Bertz CT molecular complexity index is 388. The van der Waals surface area contributed by atoms with Gasteiger partial charge >= 0.3 is 0 Å². The van der Waals surface area contributed by atoms with Crippen LogP contribution in [-0.2, 0) is 4.74 Å². The lowest BCUT2D eigenvalue weighted by atomic mass is 9.88. The van der Waals surface area contributed by atoms with Crippen LogP contribution in [0.1, 0.15) is 36.9 Å². The van der Waals surface area contributed by atoms with Crippen LogP contribution in [-0.4, -0.2) is 19.8 Å². The maximum absolute atomic E-state index is 5.65. The van der Waals surface area contributed by atoms with Gasteiger partial charge in [-0.05, 0) is 37.9 Å². The lowest BCUT2D eigenvalue weighted by molar-refractivity contribution is 0.0391. The minimum atomic E-state index is 0.393. The second-order valence-electron chi connectivity index (χ2n) is 5.04. The number of aryl methyl sites for hydroxylation is 1. The molecule has 0 spiro atoms. The van der Waals surface area contributed by atoms with Crippen molar-refractivity contribution in [1.82, 2.24) is 5.32 Å². The molecule has 2 unspecified atom stereocenters. The van der Waals surface area contributed by atoms with Crippen molar-refractivity contribution in [2.75, 3.05) is 19.8 Å². The monoisotopic (exact) mass is 311 g/mol. The smallest absolute Gasteiger partial charge is 0.0512 e. The maximum atomic E-state index is 5.65. The summed E-state index contributed by atoms with van der Waals surface area (Å²) in [5, 5.41) is 3.63. The van der Waals surface area contributed by atoms with E-state index in [0.717, 1.165) is 19.8 Å². The third-order valence-electron chi connectivity index (χ3n) is 3.58. The van der Waals surface area contributed by atoms with Crippen molar-refractivity contribution < 1.29 is 4.74 Å². The van der Waals surface area contributed by atoms with Crippen molar-refractivity contribution in [2.24, 2.45) is 5.92 Å². The summed E-state index contributed by atoms with van der Waals surface area (Å²) in [6.45, 7) is 7.10. The zero-order chi connectivity index (χ0) is 13.0. The van der Waals surface area contributed by atoms with E-state index in [1.165, 1.54) is 28.4 Å². The van der Waals surface area contributed by atoms with E-state index in [0.29, 0.717) is 12.0 Å². The van der Waals surface area contributed by atoms with Gasteiger partial charge in [0.05, 0.1) is 6.61 Å². The molecule has 2 rings (SSSR count). The van der Waals surface area contributed by atoms with E-state index in [4.69, 9.17) is 4.74 Å². The molecule has 100 valence electrons. The van der Waals surface area contributed by atoms with E-state index in [1.54, 1.807) is 0 Å². The molecule has 1 aliphatic heterocycles. The Balaban J connectivity index is 2.24. The van der Waals surface area contributed by atoms with Crippen LogP contribution in [0.3, 0.4) is 0 Å². The Kier molecular flexibility index (Phi) is 5.22. The molecule has 1 heterocycles. The molecule has 2 nitrogen and oxygen atoms in total. The minimum absolute atomic E-state index is 0.393. The summed E-state index contributed by atoms with van der Waals surface area (Å²) in [7, 11) is 0. The van der Waals surface area contributed by atoms with Crippen LogP contribution in [0, 0.1) is 12.8 Å². The molecule has 18 heavy (non-hydrogen) atoms. The molecular formula is C15H22BrNO. The number of ether oxygens (including phenoxy) is 1. The Hall–Kier alpha value is -0.380. The highest BCUT2D eigenvalue weighted by Crippen LogP contribution is 2.33. The van der Waals surface area contributed by atoms with Gasteiger partial charge in [-0.15, -0.1) is 0 Å². The van der Waals surface area contributed by atoms with Crippen LogP contribution in [0.15, 0.2) is 22.7 Å². The first-order chi connectivity index (χ1) is 8.72. The molecule has 1 aromatic carbocycles. The number of hydrogen-bond donors (Lipinski definition) is 1. The van der Waals surface area contributed by atoms with Gasteiger partial charge in [-0.25, -0.2) is 0 Å². The average molecular weight is 312 g/mol. The van der Waals surface area contributed by atoms with Crippen LogP contribution in [0.4, 0.5) is 0 Å². The summed E-state index contributed by atoms with van der Waals surface area (Å²) in [6, 6.07) is 6.98. The molecule has 1 N–H and O–H groups in total. The largest absolute Gasteiger partial charge is 0.381 e. The van der Waals surface area contributed by atoms with Crippen LogP contribution in [0.25, 0.3) is 0 Å². The van der Waals surface area contributed by atoms with Crippen LogP contribution >= 0.6 is 15.9 Å². The highest BCUT2D eigenvalue weighted by Gasteiger charge is 2.26. The van der Waals surface area contributed by atoms with Gasteiger partial charge in [0.2, 0.25) is 0 Å². The highest BCUT2D eigenvalue weighted by atomic mass is 79.9. The molecule has 1 saturated heterocycles. The first-order valence-corrected chi connectivity index (χ1v) is 7.59. The first-order valence-electron chi connectivity index (χ1n) is 6.79. The SMILES string of the molecule is CCNC(c1cc(C)ccc1Br)C1CCCOC1. The fraction of sp³-hybridized carbons (Fsp3) is 0.600. The third-order valence-corrected chi connectivity index (χ3v) is 4.30. The zero-order valence-electron chi connectivity index (χ0n) is 11.2. The fourth-order valence-corrected chi connectivity index (χ4v) is 3.17. The lowest BCUT2D eigenvalue weighted by Gasteiger charge is -2.32. The van der Waals surface area contributed by atoms with Gasteiger partial charge < -0.3 is 10.1 Å². The van der Waals surface area contributed by atoms with Crippen LogP contribution < -0.4 is 5.32 Å². The molecule has 0 radical (unpaired) electrons. The summed E-state index contributed by atoms with van der Waals surface area (Å²) < 4.78 is 6.84. The number of nitrogens with one attached hydrogen (secondary N) is 1. The molecule has 3 heteroatoms. The third kappa shape index (κ3) is 3.34. The summed E-state index contributed by atoms with van der Waals surface area (Å²) in [4.78, 5) is 0. The molecule has 0 saturated carbocycles. The number of benzene rings is 1. The Labute approximate surface area is 118 Å². The van der Waals surface area contributed by atoms with Gasteiger partial charge in [-0.2, -0.15) is 0 Å². The van der Waals surface area contributed by atoms with Crippen molar-refractivity contribution in [1.29, 1.82) is 0 Å². The van der Waals surface area contributed by atoms with Gasteiger partial charge in [0.25, 0.3) is 0 Å². The normalized spacial score (nSPS) is 21.8. The Morgan fingerprint density at radius 2 is 2.33 bits per heavy atom. The van der Waals surface area contributed by atoms with Crippen molar-refractivity contribution in [3.8, 4) is 0 Å². The van der Waals surface area contributed by atoms with Crippen molar-refractivity contribution in [3.05, 3.63) is 33.8 Å². The van der Waals surface area contributed by atoms with Crippen molar-refractivity contribution >= 4 is 15.9 Å². The topological polar surface area (TPSA) is 21.3 Å². The number of hydrogen-bond acceptors (Lipinski definition) is 2. The average Bonchev–Trinajstić information content (AvgIpc) is 2.40. The molecule has 2 atom stereocenters. The molecule has 1 aromatic rings. The summed E-state index contributed by atoms with van der Waals surface area (Å²) in [5.74, 6) is 0.580. The molecule has 1 fully saturated rings. The quantitative estimate of drug-likeness (QED) is 0.912. The standard InChI is InChI=1S/C15H22BrNO/c1-3-17-15(12-5-4-8-18-10-12)13-9-11(2)6-7-14(13)16/h6-7,9,12,15,17H,3-5,8,10H2,1-2H3. The highest BCUT2D eigenvalue weighted by molar-refractivity contribution is 9.10. The molecular weight excluding hydrogens is 290 g/mol. The van der Waals surface area contributed by atoms with E-state index in [1.807, 2.05) is 0 Å². The predicted octanol–water partition coefficient (Wildman–Crippen LogP) is 3.83. The van der Waals surface area contributed by atoms with E-state index in [9.17, 15) is 0 Å². The van der Waals surface area contributed by atoms with E-state index in [2.05, 4.69) is 53.3 Å². The van der Waals surface area contributed by atoms with Crippen LogP contribution in [0.2, 0.25) is 0 Å². The van der Waals surface area contributed by atoms with Crippen LogP contribution in [0.5, 0.6) is 0 Å². The van der Waals surface area contributed by atoms with Gasteiger partial charge in [0, 0.05) is 23.0 Å². The van der Waals surface area contributed by atoms with Crippen molar-refractivity contribution in [3.63, 3.8) is 0 Å². The van der Waals surface area contributed by atoms with Crippen molar-refractivity contribution in [2.45, 2.75) is 32.7 Å².